The second-order valence-corrected chi connectivity index (χ2v) is 6.94. The molecule has 26 heavy (non-hydrogen) atoms. The zero-order valence-electron chi connectivity index (χ0n) is 14.7. The molecule has 134 valence electrons. The van der Waals surface area contributed by atoms with E-state index in [1.807, 2.05) is 41.9 Å². The summed E-state index contributed by atoms with van der Waals surface area (Å²) < 4.78 is 13.0. The highest BCUT2D eigenvalue weighted by molar-refractivity contribution is 7.99. The van der Waals surface area contributed by atoms with Crippen molar-refractivity contribution in [3.05, 3.63) is 65.5 Å². The van der Waals surface area contributed by atoms with Gasteiger partial charge < -0.3 is 14.9 Å². The van der Waals surface area contributed by atoms with Gasteiger partial charge in [0.25, 0.3) is 0 Å². The van der Waals surface area contributed by atoms with E-state index in [1.54, 1.807) is 18.9 Å². The van der Waals surface area contributed by atoms with Crippen molar-refractivity contribution in [1.29, 1.82) is 0 Å². The second kappa shape index (κ2) is 7.29. The lowest BCUT2D eigenvalue weighted by Gasteiger charge is -2.15. The van der Waals surface area contributed by atoms with Gasteiger partial charge in [-0.05, 0) is 30.2 Å². The molecule has 0 radical (unpaired) electrons. The summed E-state index contributed by atoms with van der Waals surface area (Å²) in [4.78, 5) is 0. The van der Waals surface area contributed by atoms with Gasteiger partial charge in [0, 0.05) is 6.42 Å². The largest absolute Gasteiger partial charge is 0.493 e. The summed E-state index contributed by atoms with van der Waals surface area (Å²) in [6.45, 7) is 2.57. The zero-order valence-corrected chi connectivity index (χ0v) is 15.5. The molecule has 2 aromatic carbocycles. The molecule has 6 nitrogen and oxygen atoms in total. The van der Waals surface area contributed by atoms with E-state index in [0.29, 0.717) is 6.61 Å². The van der Waals surface area contributed by atoms with Crippen molar-refractivity contribution < 1.29 is 9.47 Å². The third-order valence-electron chi connectivity index (χ3n) is 4.17. The molecule has 2 heterocycles. The predicted octanol–water partition coefficient (Wildman–Crippen LogP) is 3.62. The molecule has 0 aliphatic carbocycles. The SMILES string of the molecule is CCOc1ccc(C2Nn3c(Cc4ccccc4)nnc3S2)cc1OC. The van der Waals surface area contributed by atoms with Crippen LogP contribution >= 0.6 is 11.8 Å². The standard InChI is InChI=1S/C19H20N4O2S/c1-3-25-15-10-9-14(12-16(15)24-2)18-22-23-17(20-21-19(23)26-18)11-13-7-5-4-6-8-13/h4-10,12,18,22H,3,11H2,1-2H3. The fourth-order valence-electron chi connectivity index (χ4n) is 2.91. The summed E-state index contributed by atoms with van der Waals surface area (Å²) in [5.74, 6) is 2.39. The molecular weight excluding hydrogens is 348 g/mol. The van der Waals surface area contributed by atoms with Crippen LogP contribution in [-0.2, 0) is 6.42 Å². The van der Waals surface area contributed by atoms with Gasteiger partial charge in [0.15, 0.2) is 17.3 Å². The van der Waals surface area contributed by atoms with Crippen molar-refractivity contribution >= 4 is 11.8 Å². The lowest BCUT2D eigenvalue weighted by molar-refractivity contribution is 0.310. The van der Waals surface area contributed by atoms with Crippen LogP contribution in [0.1, 0.15) is 29.2 Å². The average Bonchev–Trinajstić information content (AvgIpc) is 3.25. The average molecular weight is 368 g/mol. The molecule has 1 aliphatic heterocycles. The van der Waals surface area contributed by atoms with Gasteiger partial charge in [-0.15, -0.1) is 10.2 Å². The van der Waals surface area contributed by atoms with Crippen LogP contribution in [0.3, 0.4) is 0 Å². The van der Waals surface area contributed by atoms with E-state index in [4.69, 9.17) is 9.47 Å². The fourth-order valence-corrected chi connectivity index (χ4v) is 3.92. The number of benzene rings is 2. The highest BCUT2D eigenvalue weighted by atomic mass is 32.2. The van der Waals surface area contributed by atoms with Crippen LogP contribution in [-0.4, -0.2) is 28.6 Å². The molecule has 0 spiro atoms. The maximum absolute atomic E-state index is 5.60. The maximum Gasteiger partial charge on any atom is 0.212 e. The lowest BCUT2D eigenvalue weighted by atomic mass is 10.1. The maximum atomic E-state index is 5.60. The number of aromatic nitrogens is 3. The van der Waals surface area contributed by atoms with E-state index in [-0.39, 0.29) is 5.37 Å². The van der Waals surface area contributed by atoms with Gasteiger partial charge in [0.05, 0.1) is 13.7 Å². The third kappa shape index (κ3) is 3.22. The Bertz CT molecular complexity index is 898. The number of hydrogen-bond donors (Lipinski definition) is 1. The number of ether oxygens (including phenoxy) is 2. The van der Waals surface area contributed by atoms with E-state index in [1.165, 1.54) is 5.56 Å². The lowest BCUT2D eigenvalue weighted by Crippen LogP contribution is -2.16. The highest BCUT2D eigenvalue weighted by Gasteiger charge is 2.28. The van der Waals surface area contributed by atoms with Gasteiger partial charge in [-0.3, -0.25) is 0 Å². The molecule has 0 fully saturated rings. The first kappa shape index (κ1) is 16.8. The van der Waals surface area contributed by atoms with E-state index < -0.39 is 0 Å². The summed E-state index contributed by atoms with van der Waals surface area (Å²) >= 11 is 1.64. The first-order valence-electron chi connectivity index (χ1n) is 8.50. The molecule has 0 amide bonds. The molecule has 0 saturated carbocycles. The summed E-state index contributed by atoms with van der Waals surface area (Å²) in [6, 6.07) is 16.3. The first-order chi connectivity index (χ1) is 12.8. The molecule has 4 rings (SSSR count). The van der Waals surface area contributed by atoms with E-state index >= 15 is 0 Å². The Morgan fingerprint density at radius 3 is 2.73 bits per heavy atom. The Morgan fingerprint density at radius 1 is 1.12 bits per heavy atom. The number of nitrogens with one attached hydrogen (secondary N) is 1. The van der Waals surface area contributed by atoms with Gasteiger partial charge in [-0.1, -0.05) is 48.2 Å². The van der Waals surface area contributed by atoms with Crippen molar-refractivity contribution in [2.24, 2.45) is 0 Å². The minimum absolute atomic E-state index is 0.0552. The van der Waals surface area contributed by atoms with E-state index in [9.17, 15) is 0 Å². The Morgan fingerprint density at radius 2 is 1.96 bits per heavy atom. The number of rotatable bonds is 6. The number of fused-ring (bicyclic) bond motifs is 1. The van der Waals surface area contributed by atoms with Crippen LogP contribution in [0.15, 0.2) is 53.7 Å². The molecule has 1 unspecified atom stereocenters. The van der Waals surface area contributed by atoms with Crippen LogP contribution in [0.25, 0.3) is 0 Å². The predicted molar refractivity (Wildman–Crippen MR) is 101 cm³/mol. The van der Waals surface area contributed by atoms with Crippen LogP contribution < -0.4 is 14.9 Å². The Labute approximate surface area is 156 Å². The first-order valence-corrected chi connectivity index (χ1v) is 9.38. The van der Waals surface area contributed by atoms with Crippen molar-refractivity contribution in [2.45, 2.75) is 23.9 Å². The van der Waals surface area contributed by atoms with E-state index in [0.717, 1.165) is 34.5 Å². The smallest absolute Gasteiger partial charge is 0.212 e. The molecule has 7 heteroatoms. The minimum atomic E-state index is 0.0552. The van der Waals surface area contributed by atoms with Crippen molar-refractivity contribution in [3.8, 4) is 11.5 Å². The molecule has 0 bridgehead atoms. The van der Waals surface area contributed by atoms with Crippen LogP contribution in [0, 0.1) is 0 Å². The Kier molecular flexibility index (Phi) is 4.71. The van der Waals surface area contributed by atoms with Crippen molar-refractivity contribution in [3.63, 3.8) is 0 Å². The molecule has 3 aromatic rings. The highest BCUT2D eigenvalue weighted by Crippen LogP contribution is 2.41. The number of methoxy groups -OCH3 is 1. The van der Waals surface area contributed by atoms with Crippen LogP contribution in [0.2, 0.25) is 0 Å². The normalized spacial score (nSPS) is 15.4. The quantitative estimate of drug-likeness (QED) is 0.717. The molecule has 1 aromatic heterocycles. The second-order valence-electron chi connectivity index (χ2n) is 5.87. The molecular formula is C19H20N4O2S. The Balaban J connectivity index is 1.54. The van der Waals surface area contributed by atoms with Gasteiger partial charge in [0.1, 0.15) is 5.37 Å². The van der Waals surface area contributed by atoms with Gasteiger partial charge >= 0.3 is 0 Å². The molecule has 0 saturated heterocycles. The zero-order chi connectivity index (χ0) is 17.9. The summed E-state index contributed by atoms with van der Waals surface area (Å²) in [6.07, 6.45) is 0.737. The minimum Gasteiger partial charge on any atom is -0.493 e. The fraction of sp³-hybridized carbons (Fsp3) is 0.263. The van der Waals surface area contributed by atoms with Crippen molar-refractivity contribution in [1.82, 2.24) is 14.9 Å². The number of nitrogens with zero attached hydrogens (tertiary/aromatic N) is 3. The summed E-state index contributed by atoms with van der Waals surface area (Å²) in [5.41, 5.74) is 5.79. The molecule has 1 aliphatic rings. The van der Waals surface area contributed by atoms with Crippen molar-refractivity contribution in [2.75, 3.05) is 19.1 Å². The topological polar surface area (TPSA) is 61.2 Å². The molecule has 1 atom stereocenters. The summed E-state index contributed by atoms with van der Waals surface area (Å²) in [7, 11) is 1.66. The number of hydrogen-bond acceptors (Lipinski definition) is 6. The Hall–Kier alpha value is -2.67. The van der Waals surface area contributed by atoms with Gasteiger partial charge in [0.2, 0.25) is 5.16 Å². The van der Waals surface area contributed by atoms with Gasteiger partial charge in [-0.25, -0.2) is 4.68 Å². The number of thioether (sulfide) groups is 1. The monoisotopic (exact) mass is 368 g/mol. The molecule has 1 N–H and O–H groups in total. The third-order valence-corrected chi connectivity index (χ3v) is 5.25. The van der Waals surface area contributed by atoms with Gasteiger partial charge in [-0.2, -0.15) is 0 Å². The van der Waals surface area contributed by atoms with Crippen LogP contribution in [0.5, 0.6) is 11.5 Å². The van der Waals surface area contributed by atoms with Crippen LogP contribution in [0.4, 0.5) is 0 Å². The van der Waals surface area contributed by atoms with E-state index in [2.05, 4.69) is 33.8 Å². The summed E-state index contributed by atoms with van der Waals surface area (Å²) in [5, 5.41) is 9.56.